The van der Waals surface area contributed by atoms with Crippen molar-refractivity contribution in [2.75, 3.05) is 14.2 Å². The van der Waals surface area contributed by atoms with E-state index < -0.39 is 16.1 Å². The highest BCUT2D eigenvalue weighted by Gasteiger charge is 2.15. The smallest absolute Gasteiger partial charge is 0.135 e. The maximum atomic E-state index is 5.58. The van der Waals surface area contributed by atoms with E-state index in [1.807, 2.05) is 12.1 Å². The topological polar surface area (TPSA) is 18.5 Å². The molecule has 0 bridgehead atoms. The van der Waals surface area contributed by atoms with E-state index in [-0.39, 0.29) is 0 Å². The van der Waals surface area contributed by atoms with Crippen LogP contribution in [-0.2, 0) is 0 Å². The standard InChI is InChI=1S/C22H28O2Si2/c1-23-21-11-9-18-17(19(21)13-15-25(3,4)5)10-12-22(24-2)20(18)14-16-26(6,7)8/h9-12H,1-8H3. The van der Waals surface area contributed by atoms with Gasteiger partial charge in [-0.15, -0.1) is 11.1 Å². The van der Waals surface area contributed by atoms with Crippen molar-refractivity contribution in [3.8, 4) is 34.4 Å². The third kappa shape index (κ3) is 4.94. The Balaban J connectivity index is 2.84. The molecule has 2 rings (SSSR count). The lowest BCUT2D eigenvalue weighted by Crippen LogP contribution is -2.16. The summed E-state index contributed by atoms with van der Waals surface area (Å²) < 4.78 is 11.2. The lowest BCUT2D eigenvalue weighted by Gasteiger charge is -2.13. The highest BCUT2D eigenvalue weighted by atomic mass is 28.3. The summed E-state index contributed by atoms with van der Waals surface area (Å²) in [5, 5.41) is 2.13. The average molecular weight is 381 g/mol. The van der Waals surface area contributed by atoms with E-state index in [1.165, 1.54) is 0 Å². The van der Waals surface area contributed by atoms with Gasteiger partial charge in [0.05, 0.1) is 25.3 Å². The Bertz CT molecular complexity index is 861. The first-order valence-electron chi connectivity index (χ1n) is 8.80. The minimum absolute atomic E-state index is 0.803. The second-order valence-corrected chi connectivity index (χ2v) is 17.9. The number of rotatable bonds is 2. The van der Waals surface area contributed by atoms with Gasteiger partial charge in [0, 0.05) is 10.8 Å². The zero-order chi connectivity index (χ0) is 19.5. The highest BCUT2D eigenvalue weighted by Crippen LogP contribution is 2.33. The van der Waals surface area contributed by atoms with Gasteiger partial charge in [-0.3, -0.25) is 0 Å². The van der Waals surface area contributed by atoms with Crippen LogP contribution >= 0.6 is 0 Å². The molecule has 26 heavy (non-hydrogen) atoms. The van der Waals surface area contributed by atoms with Crippen LogP contribution in [0.1, 0.15) is 11.1 Å². The fourth-order valence-corrected chi connectivity index (χ4v) is 3.46. The minimum atomic E-state index is -1.50. The lowest BCUT2D eigenvalue weighted by molar-refractivity contribution is 0.413. The van der Waals surface area contributed by atoms with Crippen LogP contribution in [0, 0.1) is 22.9 Å². The molecule has 4 heteroatoms. The van der Waals surface area contributed by atoms with Gasteiger partial charge >= 0.3 is 0 Å². The van der Waals surface area contributed by atoms with Gasteiger partial charge in [-0.05, 0) is 24.3 Å². The van der Waals surface area contributed by atoms with E-state index >= 15 is 0 Å². The predicted octanol–water partition coefficient (Wildman–Crippen LogP) is 5.31. The SMILES string of the molecule is COc1ccc2c(C#C[Si](C)(C)C)c(OC)ccc2c1C#C[Si](C)(C)C. The molecule has 2 aromatic rings. The number of hydrogen-bond donors (Lipinski definition) is 0. The zero-order valence-electron chi connectivity index (χ0n) is 17.1. The monoisotopic (exact) mass is 380 g/mol. The van der Waals surface area contributed by atoms with Crippen molar-refractivity contribution in [1.82, 2.24) is 0 Å². The van der Waals surface area contributed by atoms with Crippen LogP contribution in [0.4, 0.5) is 0 Å². The molecule has 2 aromatic carbocycles. The molecule has 2 nitrogen and oxygen atoms in total. The van der Waals surface area contributed by atoms with Gasteiger partial charge in [0.2, 0.25) is 0 Å². The van der Waals surface area contributed by atoms with Crippen molar-refractivity contribution in [2.45, 2.75) is 39.3 Å². The summed E-state index contributed by atoms with van der Waals surface area (Å²) in [4.78, 5) is 0. The van der Waals surface area contributed by atoms with Gasteiger partial charge in [-0.2, -0.15) is 0 Å². The Morgan fingerprint density at radius 3 is 1.23 bits per heavy atom. The largest absolute Gasteiger partial charge is 0.495 e. The van der Waals surface area contributed by atoms with Crippen molar-refractivity contribution in [3.63, 3.8) is 0 Å². The Kier molecular flexibility index (Phi) is 5.91. The molecule has 0 aliphatic rings. The number of benzene rings is 2. The Morgan fingerprint density at radius 2 is 0.962 bits per heavy atom. The van der Waals surface area contributed by atoms with Crippen LogP contribution in [0.15, 0.2) is 24.3 Å². The predicted molar refractivity (Wildman–Crippen MR) is 118 cm³/mol. The van der Waals surface area contributed by atoms with E-state index in [9.17, 15) is 0 Å². The molecule has 0 unspecified atom stereocenters. The summed E-state index contributed by atoms with van der Waals surface area (Å²) in [7, 11) is 0.385. The molecule has 0 spiro atoms. The second-order valence-electron chi connectivity index (χ2n) is 8.38. The summed E-state index contributed by atoms with van der Waals surface area (Å²) in [6.07, 6.45) is 0. The van der Waals surface area contributed by atoms with Gasteiger partial charge in [0.15, 0.2) is 0 Å². The average Bonchev–Trinajstić information content (AvgIpc) is 2.55. The molecule has 0 radical (unpaired) electrons. The second kappa shape index (κ2) is 7.62. The van der Waals surface area contributed by atoms with Crippen LogP contribution in [0.5, 0.6) is 11.5 Å². The zero-order valence-corrected chi connectivity index (χ0v) is 19.1. The van der Waals surface area contributed by atoms with E-state index in [1.54, 1.807) is 14.2 Å². The molecule has 136 valence electrons. The molecule has 0 atom stereocenters. The van der Waals surface area contributed by atoms with Crippen molar-refractivity contribution >= 4 is 26.9 Å². The third-order valence-electron chi connectivity index (χ3n) is 3.69. The van der Waals surface area contributed by atoms with Crippen molar-refractivity contribution in [2.24, 2.45) is 0 Å². The molecule has 0 aromatic heterocycles. The van der Waals surface area contributed by atoms with Crippen LogP contribution in [0.2, 0.25) is 39.3 Å². The fourth-order valence-electron chi connectivity index (χ4n) is 2.46. The Morgan fingerprint density at radius 1 is 0.615 bits per heavy atom. The van der Waals surface area contributed by atoms with Crippen molar-refractivity contribution in [3.05, 3.63) is 35.4 Å². The van der Waals surface area contributed by atoms with Gasteiger partial charge in [-0.1, -0.05) is 51.1 Å². The molecule has 0 heterocycles. The lowest BCUT2D eigenvalue weighted by atomic mass is 9.99. The third-order valence-corrected chi connectivity index (χ3v) is 5.44. The van der Waals surface area contributed by atoms with Gasteiger partial charge in [-0.25, -0.2) is 0 Å². The molecule has 0 amide bonds. The Labute approximate surface area is 159 Å². The molecule has 0 aliphatic carbocycles. The van der Waals surface area contributed by atoms with Crippen molar-refractivity contribution in [1.29, 1.82) is 0 Å². The molecule has 0 saturated carbocycles. The highest BCUT2D eigenvalue weighted by molar-refractivity contribution is 6.84. The fraction of sp³-hybridized carbons (Fsp3) is 0.364. The normalized spacial score (nSPS) is 11.2. The minimum Gasteiger partial charge on any atom is -0.495 e. The first kappa shape index (κ1) is 20.2. The van der Waals surface area contributed by atoms with Crippen LogP contribution in [0.3, 0.4) is 0 Å². The molecule has 0 saturated heterocycles. The summed E-state index contributed by atoms with van der Waals surface area (Å²) in [5.41, 5.74) is 8.79. The molecule has 0 fully saturated rings. The Hall–Kier alpha value is -2.15. The molecular weight excluding hydrogens is 352 g/mol. The number of ether oxygens (including phenoxy) is 2. The van der Waals surface area contributed by atoms with E-state index in [4.69, 9.17) is 9.47 Å². The van der Waals surface area contributed by atoms with Crippen LogP contribution < -0.4 is 9.47 Å². The summed E-state index contributed by atoms with van der Waals surface area (Å²) in [6.45, 7) is 13.4. The number of hydrogen-bond acceptors (Lipinski definition) is 2. The van der Waals surface area contributed by atoms with Gasteiger partial charge < -0.3 is 9.47 Å². The van der Waals surface area contributed by atoms with Crippen molar-refractivity contribution < 1.29 is 9.47 Å². The van der Waals surface area contributed by atoms with E-state index in [0.717, 1.165) is 33.4 Å². The van der Waals surface area contributed by atoms with E-state index in [0.29, 0.717) is 0 Å². The summed E-state index contributed by atoms with van der Waals surface area (Å²) in [5.74, 6) is 8.39. The first-order chi connectivity index (χ1) is 12.1. The number of fused-ring (bicyclic) bond motifs is 1. The van der Waals surface area contributed by atoms with Crippen LogP contribution in [-0.4, -0.2) is 30.4 Å². The first-order valence-corrected chi connectivity index (χ1v) is 15.8. The summed E-state index contributed by atoms with van der Waals surface area (Å²) >= 11 is 0. The van der Waals surface area contributed by atoms with Gasteiger partial charge in [0.1, 0.15) is 27.6 Å². The molecular formula is C22H28O2Si2. The maximum Gasteiger partial charge on any atom is 0.135 e. The molecule has 0 N–H and O–H groups in total. The van der Waals surface area contributed by atoms with E-state index in [2.05, 4.69) is 74.3 Å². The van der Waals surface area contributed by atoms with Crippen LogP contribution in [0.25, 0.3) is 10.8 Å². The number of methoxy groups -OCH3 is 2. The summed E-state index contributed by atoms with van der Waals surface area (Å²) in [6, 6.07) is 8.08. The molecule has 0 aliphatic heterocycles. The van der Waals surface area contributed by atoms with Gasteiger partial charge in [0.25, 0.3) is 0 Å². The maximum absolute atomic E-state index is 5.58. The quantitative estimate of drug-likeness (QED) is 0.519.